The Bertz CT molecular complexity index is 732. The van der Waals surface area contributed by atoms with Gasteiger partial charge in [0.2, 0.25) is 10.0 Å². The molecule has 2 aromatic rings. The number of aromatic carboxylic acids is 1. The van der Waals surface area contributed by atoms with E-state index in [0.29, 0.717) is 11.4 Å². The summed E-state index contributed by atoms with van der Waals surface area (Å²) in [6, 6.07) is 5.67. The number of carbonyl (C=O) groups is 1. The Balaban J connectivity index is 2.43. The number of nitrogens with zero attached hydrogens (tertiary/aromatic N) is 2. The van der Waals surface area contributed by atoms with Gasteiger partial charge >= 0.3 is 5.97 Å². The monoisotopic (exact) mass is 281 g/mol. The smallest absolute Gasteiger partial charge is 0.339 e. The first-order valence-electron chi connectivity index (χ1n) is 5.22. The first kappa shape index (κ1) is 13.2. The van der Waals surface area contributed by atoms with Crippen LogP contribution in [0.2, 0.25) is 0 Å². The van der Waals surface area contributed by atoms with Crippen LogP contribution in [0, 0.1) is 6.92 Å². The minimum atomic E-state index is -3.74. The highest BCUT2D eigenvalue weighted by molar-refractivity contribution is 7.89. The van der Waals surface area contributed by atoms with Crippen molar-refractivity contribution in [2.75, 3.05) is 0 Å². The fourth-order valence-corrected chi connectivity index (χ4v) is 2.11. The molecule has 2 rings (SSSR count). The summed E-state index contributed by atoms with van der Waals surface area (Å²) in [5.41, 5.74) is 1.02. The van der Waals surface area contributed by atoms with Crippen molar-refractivity contribution in [1.29, 1.82) is 0 Å². The van der Waals surface area contributed by atoms with Crippen LogP contribution in [0.4, 0.5) is 0 Å². The molecular formula is C11H11N3O4S. The molecule has 0 radical (unpaired) electrons. The number of aryl methyl sites for hydroxylation is 1. The number of hydrogen-bond acceptors (Lipinski definition) is 4. The zero-order chi connectivity index (χ0) is 14.2. The Morgan fingerprint density at radius 2 is 1.89 bits per heavy atom. The van der Waals surface area contributed by atoms with Crippen LogP contribution in [0.1, 0.15) is 16.1 Å². The lowest BCUT2D eigenvalue weighted by Crippen LogP contribution is -2.12. The van der Waals surface area contributed by atoms with Crippen molar-refractivity contribution in [2.24, 2.45) is 5.14 Å². The van der Waals surface area contributed by atoms with E-state index >= 15 is 0 Å². The summed E-state index contributed by atoms with van der Waals surface area (Å²) in [4.78, 5) is 10.9. The largest absolute Gasteiger partial charge is 0.478 e. The third-order valence-corrected chi connectivity index (χ3v) is 3.49. The zero-order valence-corrected chi connectivity index (χ0v) is 10.8. The molecule has 0 amide bonds. The van der Waals surface area contributed by atoms with Gasteiger partial charge in [0.05, 0.1) is 16.3 Å². The van der Waals surface area contributed by atoms with E-state index in [9.17, 15) is 13.2 Å². The number of primary sulfonamides is 1. The molecule has 0 aliphatic heterocycles. The molecule has 0 fully saturated rings. The van der Waals surface area contributed by atoms with Crippen LogP contribution in [0.3, 0.4) is 0 Å². The number of sulfonamides is 1. The Morgan fingerprint density at radius 1 is 1.32 bits per heavy atom. The van der Waals surface area contributed by atoms with Crippen molar-refractivity contribution in [1.82, 2.24) is 9.78 Å². The van der Waals surface area contributed by atoms with Crippen molar-refractivity contribution < 1.29 is 18.3 Å². The van der Waals surface area contributed by atoms with Gasteiger partial charge in [-0.15, -0.1) is 0 Å². The van der Waals surface area contributed by atoms with Crippen molar-refractivity contribution in [3.8, 4) is 5.69 Å². The molecule has 3 N–H and O–H groups in total. The van der Waals surface area contributed by atoms with Gasteiger partial charge in [-0.25, -0.2) is 23.0 Å². The summed E-state index contributed by atoms with van der Waals surface area (Å²) >= 11 is 0. The Kier molecular flexibility index (Phi) is 3.13. The molecule has 100 valence electrons. The van der Waals surface area contributed by atoms with E-state index < -0.39 is 16.0 Å². The van der Waals surface area contributed by atoms with Gasteiger partial charge in [-0.3, -0.25) is 0 Å². The second-order valence-corrected chi connectivity index (χ2v) is 5.48. The predicted molar refractivity (Wildman–Crippen MR) is 66.6 cm³/mol. The van der Waals surface area contributed by atoms with Crippen LogP contribution in [-0.2, 0) is 10.0 Å². The molecule has 0 spiro atoms. The Labute approximate surface area is 109 Å². The molecule has 0 bridgehead atoms. The fraction of sp³-hybridized carbons (Fsp3) is 0.0909. The summed E-state index contributed by atoms with van der Waals surface area (Å²) in [7, 11) is -3.74. The van der Waals surface area contributed by atoms with E-state index in [1.165, 1.54) is 35.1 Å². The fourth-order valence-electron chi connectivity index (χ4n) is 1.59. The van der Waals surface area contributed by atoms with Crippen LogP contribution in [-0.4, -0.2) is 29.3 Å². The van der Waals surface area contributed by atoms with Crippen LogP contribution >= 0.6 is 0 Å². The van der Waals surface area contributed by atoms with Gasteiger partial charge in [-0.1, -0.05) is 0 Å². The van der Waals surface area contributed by atoms with Gasteiger partial charge in [-0.2, -0.15) is 5.10 Å². The molecule has 1 aromatic heterocycles. The van der Waals surface area contributed by atoms with E-state index in [1.54, 1.807) is 6.92 Å². The number of rotatable bonds is 3. The minimum Gasteiger partial charge on any atom is -0.478 e. The van der Waals surface area contributed by atoms with Gasteiger partial charge in [-0.05, 0) is 31.2 Å². The summed E-state index contributed by atoms with van der Waals surface area (Å²) in [6.07, 6.45) is 1.36. The van der Waals surface area contributed by atoms with Crippen molar-refractivity contribution >= 4 is 16.0 Å². The molecular weight excluding hydrogens is 270 g/mol. The lowest BCUT2D eigenvalue weighted by atomic mass is 10.3. The molecule has 0 unspecified atom stereocenters. The molecule has 0 aliphatic rings. The average Bonchev–Trinajstić information content (AvgIpc) is 2.70. The lowest BCUT2D eigenvalue weighted by Gasteiger charge is -2.02. The van der Waals surface area contributed by atoms with E-state index in [4.69, 9.17) is 10.2 Å². The molecule has 7 nitrogen and oxygen atoms in total. The second kappa shape index (κ2) is 4.48. The third kappa shape index (κ3) is 2.64. The number of carboxylic acids is 1. The van der Waals surface area contributed by atoms with Crippen LogP contribution in [0.25, 0.3) is 5.69 Å². The van der Waals surface area contributed by atoms with Crippen LogP contribution < -0.4 is 5.14 Å². The van der Waals surface area contributed by atoms with Crippen LogP contribution in [0.5, 0.6) is 0 Å². The quantitative estimate of drug-likeness (QED) is 0.851. The van der Waals surface area contributed by atoms with Gasteiger partial charge in [0.25, 0.3) is 0 Å². The molecule has 19 heavy (non-hydrogen) atoms. The molecule has 0 saturated carbocycles. The molecule has 1 heterocycles. The van der Waals surface area contributed by atoms with Crippen molar-refractivity contribution in [3.05, 3.63) is 41.7 Å². The van der Waals surface area contributed by atoms with Gasteiger partial charge in [0.15, 0.2) is 0 Å². The molecule has 8 heteroatoms. The maximum atomic E-state index is 11.1. The van der Waals surface area contributed by atoms with Crippen molar-refractivity contribution in [3.63, 3.8) is 0 Å². The Morgan fingerprint density at radius 3 is 2.32 bits per heavy atom. The lowest BCUT2D eigenvalue weighted by molar-refractivity contribution is 0.0696. The SMILES string of the molecule is Cc1nn(-c2ccc(S(N)(=O)=O)cc2)cc1C(=O)O. The number of carboxylic acid groups (broad SMARTS) is 1. The normalized spacial score (nSPS) is 11.5. The second-order valence-electron chi connectivity index (χ2n) is 3.92. The summed E-state index contributed by atoms with van der Waals surface area (Å²) in [6.45, 7) is 1.58. The van der Waals surface area contributed by atoms with Crippen LogP contribution in [0.15, 0.2) is 35.4 Å². The first-order chi connectivity index (χ1) is 8.79. The highest BCUT2D eigenvalue weighted by Crippen LogP contribution is 2.14. The van der Waals surface area contributed by atoms with Crippen molar-refractivity contribution in [2.45, 2.75) is 11.8 Å². The molecule has 0 saturated heterocycles. The summed E-state index contributed by atoms with van der Waals surface area (Å²) < 4.78 is 23.6. The molecule has 1 aromatic carbocycles. The van der Waals surface area contributed by atoms with Gasteiger partial charge in [0.1, 0.15) is 5.56 Å². The third-order valence-electron chi connectivity index (χ3n) is 2.56. The zero-order valence-electron chi connectivity index (χ0n) is 9.94. The highest BCUT2D eigenvalue weighted by Gasteiger charge is 2.13. The van der Waals surface area contributed by atoms with Gasteiger partial charge < -0.3 is 5.11 Å². The number of aromatic nitrogens is 2. The number of benzene rings is 1. The van der Waals surface area contributed by atoms with E-state index in [0.717, 1.165) is 0 Å². The Hall–Kier alpha value is -2.19. The summed E-state index contributed by atoms with van der Waals surface area (Å²) in [5, 5.41) is 18.0. The molecule has 0 atom stereocenters. The van der Waals surface area contributed by atoms with Gasteiger partial charge in [0, 0.05) is 6.20 Å². The predicted octanol–water partition coefficient (Wildman–Crippen LogP) is 0.526. The maximum absolute atomic E-state index is 11.1. The number of nitrogens with two attached hydrogens (primary N) is 1. The van der Waals surface area contributed by atoms with E-state index in [-0.39, 0.29) is 10.5 Å². The molecule has 0 aliphatic carbocycles. The highest BCUT2D eigenvalue weighted by atomic mass is 32.2. The topological polar surface area (TPSA) is 115 Å². The summed E-state index contributed by atoms with van der Waals surface area (Å²) in [5.74, 6) is -1.06. The minimum absolute atomic E-state index is 0.0152. The standard InChI is InChI=1S/C11H11N3O4S/c1-7-10(11(15)16)6-14(13-7)8-2-4-9(5-3-8)19(12,17)18/h2-6H,1H3,(H,15,16)(H2,12,17,18). The van der Waals surface area contributed by atoms with E-state index in [2.05, 4.69) is 5.10 Å². The first-order valence-corrected chi connectivity index (χ1v) is 6.76. The maximum Gasteiger partial charge on any atom is 0.339 e. The number of hydrogen-bond donors (Lipinski definition) is 2. The van der Waals surface area contributed by atoms with E-state index in [1.807, 2.05) is 0 Å². The average molecular weight is 281 g/mol.